The van der Waals surface area contributed by atoms with Crippen LogP contribution >= 0.6 is 15.9 Å². The number of rotatable bonds is 5. The van der Waals surface area contributed by atoms with Gasteiger partial charge in [-0.05, 0) is 31.2 Å². The third-order valence-corrected chi connectivity index (χ3v) is 4.41. The Labute approximate surface area is 95.8 Å². The number of hydrogen-bond donors (Lipinski definition) is 1. The molecule has 3 heteroatoms. The Morgan fingerprint density at radius 1 is 1.43 bits per heavy atom. The molecule has 14 heavy (non-hydrogen) atoms. The molecule has 0 amide bonds. The van der Waals surface area contributed by atoms with Crippen molar-refractivity contribution in [2.24, 2.45) is 5.41 Å². The van der Waals surface area contributed by atoms with E-state index in [-0.39, 0.29) is 6.10 Å². The van der Waals surface area contributed by atoms with Crippen molar-refractivity contribution < 1.29 is 5.11 Å². The van der Waals surface area contributed by atoms with Crippen LogP contribution in [0.15, 0.2) is 0 Å². The highest BCUT2D eigenvalue weighted by atomic mass is 79.9. The molecule has 1 N–H and O–H groups in total. The van der Waals surface area contributed by atoms with Crippen LogP contribution in [0.3, 0.4) is 0 Å². The lowest BCUT2D eigenvalue weighted by atomic mass is 9.82. The van der Waals surface area contributed by atoms with E-state index in [0.29, 0.717) is 10.7 Å². The number of nitrogens with zero attached hydrogens (tertiary/aromatic N) is 1. The van der Waals surface area contributed by atoms with E-state index in [4.69, 9.17) is 0 Å². The van der Waals surface area contributed by atoms with E-state index in [2.05, 4.69) is 34.7 Å². The zero-order valence-electron chi connectivity index (χ0n) is 9.30. The number of hydrogen-bond acceptors (Lipinski definition) is 2. The summed E-state index contributed by atoms with van der Waals surface area (Å²) < 4.78 is 0. The van der Waals surface area contributed by atoms with Gasteiger partial charge in [-0.25, -0.2) is 0 Å². The quantitative estimate of drug-likeness (QED) is 0.770. The fourth-order valence-electron chi connectivity index (χ4n) is 2.36. The SMILES string of the molecule is CCC1(CC)CCN(CC(O)CBr)C1. The summed E-state index contributed by atoms with van der Waals surface area (Å²) in [7, 11) is 0. The lowest BCUT2D eigenvalue weighted by Gasteiger charge is -2.27. The van der Waals surface area contributed by atoms with Crippen molar-refractivity contribution in [3.05, 3.63) is 0 Å². The summed E-state index contributed by atoms with van der Waals surface area (Å²) in [6, 6.07) is 0. The van der Waals surface area contributed by atoms with Gasteiger partial charge >= 0.3 is 0 Å². The first-order valence-electron chi connectivity index (χ1n) is 5.62. The maximum atomic E-state index is 9.55. The molecule has 0 aromatic rings. The summed E-state index contributed by atoms with van der Waals surface area (Å²) in [6.07, 6.45) is 3.63. The van der Waals surface area contributed by atoms with Gasteiger partial charge in [0.25, 0.3) is 0 Å². The van der Waals surface area contributed by atoms with Crippen LogP contribution in [0.2, 0.25) is 0 Å². The summed E-state index contributed by atoms with van der Waals surface area (Å²) >= 11 is 3.31. The molecule has 1 fully saturated rings. The molecule has 0 aromatic carbocycles. The van der Waals surface area contributed by atoms with E-state index in [0.717, 1.165) is 13.1 Å². The first kappa shape index (κ1) is 12.5. The normalized spacial score (nSPS) is 24.0. The molecule has 0 bridgehead atoms. The summed E-state index contributed by atoms with van der Waals surface area (Å²) in [4.78, 5) is 2.40. The first-order chi connectivity index (χ1) is 6.65. The molecule has 1 saturated heterocycles. The highest BCUT2D eigenvalue weighted by Crippen LogP contribution is 2.36. The van der Waals surface area contributed by atoms with E-state index in [1.807, 2.05) is 0 Å². The van der Waals surface area contributed by atoms with Crippen molar-refractivity contribution in [3.8, 4) is 0 Å². The fourth-order valence-corrected chi connectivity index (χ4v) is 2.56. The minimum Gasteiger partial charge on any atom is -0.391 e. The van der Waals surface area contributed by atoms with Crippen molar-refractivity contribution in [1.29, 1.82) is 0 Å². The Morgan fingerprint density at radius 3 is 2.50 bits per heavy atom. The average molecular weight is 264 g/mol. The average Bonchev–Trinajstić information content (AvgIpc) is 2.62. The van der Waals surface area contributed by atoms with Crippen molar-refractivity contribution in [3.63, 3.8) is 0 Å². The molecule has 0 radical (unpaired) electrons. The Balaban J connectivity index is 2.40. The zero-order chi connectivity index (χ0) is 10.6. The minimum absolute atomic E-state index is 0.209. The highest BCUT2D eigenvalue weighted by molar-refractivity contribution is 9.09. The van der Waals surface area contributed by atoms with Crippen LogP contribution in [0.25, 0.3) is 0 Å². The molecule has 1 aliphatic heterocycles. The lowest BCUT2D eigenvalue weighted by molar-refractivity contribution is 0.134. The molecule has 0 aliphatic carbocycles. The van der Waals surface area contributed by atoms with Gasteiger partial charge < -0.3 is 10.0 Å². The van der Waals surface area contributed by atoms with E-state index in [1.54, 1.807) is 0 Å². The smallest absolute Gasteiger partial charge is 0.0763 e. The van der Waals surface area contributed by atoms with Crippen LogP contribution in [0.1, 0.15) is 33.1 Å². The van der Waals surface area contributed by atoms with Gasteiger partial charge in [-0.15, -0.1) is 0 Å². The van der Waals surface area contributed by atoms with Crippen molar-refractivity contribution in [2.45, 2.75) is 39.2 Å². The number of aliphatic hydroxyl groups is 1. The van der Waals surface area contributed by atoms with Gasteiger partial charge in [0.15, 0.2) is 0 Å². The number of halogens is 1. The molecule has 1 atom stereocenters. The topological polar surface area (TPSA) is 23.5 Å². The molecule has 0 aromatic heterocycles. The van der Waals surface area contributed by atoms with Gasteiger partial charge in [-0.2, -0.15) is 0 Å². The van der Waals surface area contributed by atoms with Gasteiger partial charge in [0.2, 0.25) is 0 Å². The molecule has 1 heterocycles. The number of likely N-dealkylation sites (tertiary alicyclic amines) is 1. The van der Waals surface area contributed by atoms with Gasteiger partial charge in [0.1, 0.15) is 0 Å². The van der Waals surface area contributed by atoms with E-state index < -0.39 is 0 Å². The van der Waals surface area contributed by atoms with Gasteiger partial charge in [-0.1, -0.05) is 29.8 Å². The molecular weight excluding hydrogens is 242 g/mol. The second-order valence-corrected chi connectivity index (χ2v) is 5.15. The van der Waals surface area contributed by atoms with Crippen LogP contribution in [0.5, 0.6) is 0 Å². The van der Waals surface area contributed by atoms with Crippen LogP contribution in [0, 0.1) is 5.41 Å². The van der Waals surface area contributed by atoms with Crippen LogP contribution in [0.4, 0.5) is 0 Å². The summed E-state index contributed by atoms with van der Waals surface area (Å²) in [6.45, 7) is 7.73. The number of alkyl halides is 1. The van der Waals surface area contributed by atoms with E-state index in [1.165, 1.54) is 25.8 Å². The van der Waals surface area contributed by atoms with Gasteiger partial charge in [0.05, 0.1) is 6.10 Å². The third-order valence-electron chi connectivity index (χ3n) is 3.66. The summed E-state index contributed by atoms with van der Waals surface area (Å²) in [5, 5.41) is 10.2. The maximum Gasteiger partial charge on any atom is 0.0763 e. The van der Waals surface area contributed by atoms with E-state index >= 15 is 0 Å². The van der Waals surface area contributed by atoms with Crippen LogP contribution < -0.4 is 0 Å². The number of β-amino-alcohol motifs (C(OH)–C–C–N with tert-alkyl or cyclic N) is 1. The highest BCUT2D eigenvalue weighted by Gasteiger charge is 2.35. The van der Waals surface area contributed by atoms with Crippen LogP contribution in [-0.2, 0) is 0 Å². The predicted octanol–water partition coefficient (Wildman–Crippen LogP) is 2.25. The number of aliphatic hydroxyl groups excluding tert-OH is 1. The van der Waals surface area contributed by atoms with Crippen molar-refractivity contribution in [2.75, 3.05) is 25.0 Å². The van der Waals surface area contributed by atoms with E-state index in [9.17, 15) is 5.11 Å². The zero-order valence-corrected chi connectivity index (χ0v) is 10.9. The predicted molar refractivity (Wildman–Crippen MR) is 63.9 cm³/mol. The molecule has 1 unspecified atom stereocenters. The lowest BCUT2D eigenvalue weighted by Crippen LogP contribution is -2.33. The fraction of sp³-hybridized carbons (Fsp3) is 1.00. The molecule has 0 saturated carbocycles. The Morgan fingerprint density at radius 2 is 2.07 bits per heavy atom. The molecule has 2 nitrogen and oxygen atoms in total. The molecule has 84 valence electrons. The second kappa shape index (κ2) is 5.47. The van der Waals surface area contributed by atoms with Crippen molar-refractivity contribution >= 4 is 15.9 Å². The van der Waals surface area contributed by atoms with Crippen molar-refractivity contribution in [1.82, 2.24) is 4.90 Å². The largest absolute Gasteiger partial charge is 0.391 e. The first-order valence-corrected chi connectivity index (χ1v) is 6.74. The molecule has 1 aliphatic rings. The third kappa shape index (κ3) is 2.94. The Kier molecular flexibility index (Phi) is 4.88. The minimum atomic E-state index is -0.209. The second-order valence-electron chi connectivity index (χ2n) is 4.50. The Bertz CT molecular complexity index is 171. The van der Waals surface area contributed by atoms with Gasteiger partial charge in [-0.3, -0.25) is 0 Å². The Hall–Kier alpha value is 0.400. The summed E-state index contributed by atoms with van der Waals surface area (Å²) in [5.41, 5.74) is 0.534. The molecule has 1 rings (SSSR count). The van der Waals surface area contributed by atoms with Crippen LogP contribution in [-0.4, -0.2) is 41.1 Å². The monoisotopic (exact) mass is 263 g/mol. The standard InChI is InChI=1S/C11H22BrNO/c1-3-11(4-2)5-6-13(9-11)8-10(14)7-12/h10,14H,3-9H2,1-2H3. The molecule has 0 spiro atoms. The van der Waals surface area contributed by atoms with Gasteiger partial charge in [0, 0.05) is 18.4 Å². The summed E-state index contributed by atoms with van der Waals surface area (Å²) in [5.74, 6) is 0. The maximum absolute atomic E-state index is 9.55. The molecular formula is C11H22BrNO.